The van der Waals surface area contributed by atoms with Crippen molar-refractivity contribution in [2.75, 3.05) is 23.4 Å². The molecular weight excluding hydrogens is 440 g/mol. The van der Waals surface area contributed by atoms with Crippen LogP contribution in [0.5, 0.6) is 0 Å². The Balaban J connectivity index is 1.53. The predicted molar refractivity (Wildman–Crippen MR) is 125 cm³/mol. The smallest absolute Gasteiger partial charge is 0.305 e. The van der Waals surface area contributed by atoms with Crippen LogP contribution in [0.4, 0.5) is 10.5 Å². The molecule has 1 aromatic carbocycles. The third kappa shape index (κ3) is 2.76. The number of anilines is 1. The van der Waals surface area contributed by atoms with Crippen molar-refractivity contribution in [2.24, 2.45) is 4.99 Å². The predicted octanol–water partition coefficient (Wildman–Crippen LogP) is 1.00. The number of benzene rings is 1. The normalized spacial score (nSPS) is 25.8. The zero-order valence-electron chi connectivity index (χ0n) is 18.7. The van der Waals surface area contributed by atoms with E-state index in [1.807, 2.05) is 43.0 Å². The largest absolute Gasteiger partial charge is 0.323 e. The highest BCUT2D eigenvalue weighted by Gasteiger charge is 2.47. The van der Waals surface area contributed by atoms with Gasteiger partial charge in [-0.3, -0.25) is 24.8 Å². The first-order valence-electron chi connectivity index (χ1n) is 11.7. The third-order valence-electron chi connectivity index (χ3n) is 7.18. The molecule has 2 aromatic rings. The van der Waals surface area contributed by atoms with Crippen molar-refractivity contribution in [1.82, 2.24) is 14.5 Å². The molecule has 33 heavy (non-hydrogen) atoms. The Labute approximate surface area is 194 Å². The van der Waals surface area contributed by atoms with Gasteiger partial charge < -0.3 is 4.90 Å². The van der Waals surface area contributed by atoms with Crippen LogP contribution in [0.1, 0.15) is 45.1 Å². The Morgan fingerprint density at radius 3 is 2.52 bits per heavy atom. The third-order valence-corrected chi connectivity index (χ3v) is 8.23. The van der Waals surface area contributed by atoms with E-state index in [4.69, 9.17) is 4.99 Å². The average Bonchev–Trinajstić information content (AvgIpc) is 3.56. The topological polar surface area (TPSA) is 90.3 Å². The number of carbonyl (C=O) groups is 2. The van der Waals surface area contributed by atoms with Gasteiger partial charge in [0.05, 0.1) is 11.3 Å². The van der Waals surface area contributed by atoms with Crippen LogP contribution < -0.4 is 25.2 Å². The minimum Gasteiger partial charge on any atom is -0.305 e. The molecule has 0 spiro atoms. The van der Waals surface area contributed by atoms with Crippen molar-refractivity contribution in [1.29, 1.82) is 0 Å². The fourth-order valence-electron chi connectivity index (χ4n) is 5.61. The number of thiazole rings is 1. The van der Waals surface area contributed by atoms with Crippen LogP contribution in [0, 0.1) is 0 Å². The summed E-state index contributed by atoms with van der Waals surface area (Å²) in [6, 6.07) is 7.84. The molecule has 10 heteroatoms. The van der Waals surface area contributed by atoms with E-state index in [1.54, 1.807) is 9.80 Å². The molecule has 1 N–H and O–H groups in total. The second kappa shape index (κ2) is 7.44. The van der Waals surface area contributed by atoms with Crippen molar-refractivity contribution in [3.8, 4) is 0 Å². The van der Waals surface area contributed by atoms with Crippen LogP contribution in [0.3, 0.4) is 0 Å². The van der Waals surface area contributed by atoms with Crippen LogP contribution in [0.15, 0.2) is 34.1 Å². The first kappa shape index (κ1) is 20.5. The quantitative estimate of drug-likeness (QED) is 0.731. The molecule has 2 unspecified atom stereocenters. The van der Waals surface area contributed by atoms with E-state index in [0.29, 0.717) is 28.0 Å². The van der Waals surface area contributed by atoms with E-state index in [1.165, 1.54) is 16.0 Å². The number of nitrogens with one attached hydrogen (secondary N) is 1. The highest BCUT2D eigenvalue weighted by molar-refractivity contribution is 7.07. The number of urea groups is 1. The molecular formula is C23H26N6O3S. The number of likely N-dealkylation sites (N-methyl/N-ethyl adjacent to an activating group) is 2. The van der Waals surface area contributed by atoms with Crippen LogP contribution in [-0.4, -0.2) is 57.9 Å². The Morgan fingerprint density at radius 1 is 1.06 bits per heavy atom. The van der Waals surface area contributed by atoms with Gasteiger partial charge in [-0.1, -0.05) is 42.4 Å². The van der Waals surface area contributed by atoms with Crippen molar-refractivity contribution in [2.45, 2.75) is 57.9 Å². The summed E-state index contributed by atoms with van der Waals surface area (Å²) in [6.45, 7) is 4.88. The van der Waals surface area contributed by atoms with Crippen molar-refractivity contribution < 1.29 is 9.59 Å². The van der Waals surface area contributed by atoms with Gasteiger partial charge in [-0.05, 0) is 32.8 Å². The maximum Gasteiger partial charge on any atom is 0.323 e. The molecule has 3 aliphatic heterocycles. The summed E-state index contributed by atoms with van der Waals surface area (Å²) in [5.41, 5.74) is 5.10. The Morgan fingerprint density at radius 2 is 1.79 bits per heavy atom. The maximum absolute atomic E-state index is 13.7. The highest BCUT2D eigenvalue weighted by Crippen LogP contribution is 2.40. The zero-order chi connectivity index (χ0) is 22.9. The first-order valence-corrected chi connectivity index (χ1v) is 12.5. The minimum absolute atomic E-state index is 0.0869. The maximum atomic E-state index is 13.7. The Bertz CT molecular complexity index is 1340. The number of hydrogen-bond acceptors (Lipinski definition) is 6. The fourth-order valence-corrected chi connectivity index (χ4v) is 6.66. The second-order valence-electron chi connectivity index (χ2n) is 8.83. The summed E-state index contributed by atoms with van der Waals surface area (Å²) in [7, 11) is 0. The van der Waals surface area contributed by atoms with E-state index in [-0.39, 0.29) is 23.5 Å². The molecule has 0 radical (unpaired) electrons. The van der Waals surface area contributed by atoms with Gasteiger partial charge >= 0.3 is 6.03 Å². The van der Waals surface area contributed by atoms with Gasteiger partial charge in [-0.25, -0.2) is 9.79 Å². The number of amides is 3. The molecule has 0 bridgehead atoms. The zero-order valence-corrected chi connectivity index (χ0v) is 19.5. The first-order chi connectivity index (χ1) is 16.0. The summed E-state index contributed by atoms with van der Waals surface area (Å²) in [6.07, 6.45) is 3.39. The molecule has 1 saturated carbocycles. The Hall–Kier alpha value is -3.14. The lowest BCUT2D eigenvalue weighted by atomic mass is 10.1. The van der Waals surface area contributed by atoms with Crippen LogP contribution in [0.25, 0.3) is 5.57 Å². The number of carbonyl (C=O) groups excluding carboxylic acids is 2. The van der Waals surface area contributed by atoms with E-state index in [0.717, 1.165) is 36.9 Å². The van der Waals surface area contributed by atoms with Gasteiger partial charge in [-0.15, -0.1) is 0 Å². The molecule has 2 fully saturated rings. The van der Waals surface area contributed by atoms with Gasteiger partial charge in [-0.2, -0.15) is 4.68 Å². The molecule has 6 rings (SSSR count). The molecule has 3 amide bonds. The van der Waals surface area contributed by atoms with Crippen molar-refractivity contribution in [3.05, 3.63) is 49.5 Å². The van der Waals surface area contributed by atoms with E-state index < -0.39 is 12.3 Å². The number of nitrogens with zero attached hydrogens (tertiary/aromatic N) is 5. The van der Waals surface area contributed by atoms with Crippen molar-refractivity contribution in [3.63, 3.8) is 0 Å². The molecule has 2 atom stereocenters. The summed E-state index contributed by atoms with van der Waals surface area (Å²) < 4.78 is 1.81. The number of fused-ring (bicyclic) bond motifs is 3. The van der Waals surface area contributed by atoms with Crippen LogP contribution >= 0.6 is 11.3 Å². The van der Waals surface area contributed by atoms with E-state index in [9.17, 15) is 14.4 Å². The summed E-state index contributed by atoms with van der Waals surface area (Å²) in [5, 5.41) is 0. The number of para-hydroxylation sites is 1. The SMILES string of the molecule is CCN1C(=O)N(CC)C2Nn3c(s/c(=C4\C(=O)N(C5CCCC5)c5ccccc54)c3=O)=NC21. The molecule has 4 aliphatic rings. The lowest BCUT2D eigenvalue weighted by Gasteiger charge is -2.28. The van der Waals surface area contributed by atoms with Gasteiger partial charge in [0.15, 0.2) is 12.3 Å². The second-order valence-corrected chi connectivity index (χ2v) is 9.81. The van der Waals surface area contributed by atoms with Crippen molar-refractivity contribution >= 4 is 34.5 Å². The lowest BCUT2D eigenvalue weighted by molar-refractivity contribution is -0.113. The molecule has 1 saturated heterocycles. The standard InChI is InChI=1S/C23H26N6O3S/c1-3-26-18-19(27(4-2)23(26)32)25-29-21(31)17(33-22(29)24-18)16-14-11-7-8-12-15(14)28(20(16)30)13-9-5-6-10-13/h7-8,11-13,18-19,25H,3-6,9-10H2,1-2H3/b17-16-. The summed E-state index contributed by atoms with van der Waals surface area (Å²) >= 11 is 1.22. The number of hydrogen-bond donors (Lipinski definition) is 1. The number of rotatable bonds is 3. The average molecular weight is 467 g/mol. The fraction of sp³-hybridized carbons (Fsp3) is 0.478. The lowest BCUT2D eigenvalue weighted by Crippen LogP contribution is -2.55. The molecule has 4 heterocycles. The summed E-state index contributed by atoms with van der Waals surface area (Å²) in [4.78, 5) is 50.5. The Kier molecular flexibility index (Phi) is 4.62. The summed E-state index contributed by atoms with van der Waals surface area (Å²) in [5.74, 6) is -0.0971. The van der Waals surface area contributed by atoms with Gasteiger partial charge in [0.25, 0.3) is 11.5 Å². The van der Waals surface area contributed by atoms with E-state index >= 15 is 0 Å². The minimum atomic E-state index is -0.415. The van der Waals surface area contributed by atoms with Crippen LogP contribution in [0.2, 0.25) is 0 Å². The molecule has 1 aromatic heterocycles. The van der Waals surface area contributed by atoms with Gasteiger partial charge in [0.1, 0.15) is 4.53 Å². The van der Waals surface area contributed by atoms with Gasteiger partial charge in [0, 0.05) is 24.7 Å². The van der Waals surface area contributed by atoms with Gasteiger partial charge in [0.2, 0.25) is 4.80 Å². The van der Waals surface area contributed by atoms with E-state index in [2.05, 4.69) is 5.43 Å². The molecule has 1 aliphatic carbocycles. The monoisotopic (exact) mass is 466 g/mol. The molecule has 9 nitrogen and oxygen atoms in total. The molecule has 172 valence electrons. The van der Waals surface area contributed by atoms with Crippen LogP contribution in [-0.2, 0) is 4.79 Å². The number of aromatic nitrogens is 1. The highest BCUT2D eigenvalue weighted by atomic mass is 32.1.